The molecule has 12 heteroatoms. The molecule has 1 saturated heterocycles. The summed E-state index contributed by atoms with van der Waals surface area (Å²) in [6.45, 7) is 3.96. The third-order valence-electron chi connectivity index (χ3n) is 5.33. The number of ether oxygens (including phenoxy) is 1. The Balaban J connectivity index is 1.54. The molecule has 1 aliphatic rings. The summed E-state index contributed by atoms with van der Waals surface area (Å²) in [5, 5.41) is 14.5. The summed E-state index contributed by atoms with van der Waals surface area (Å²) >= 11 is 7.41. The summed E-state index contributed by atoms with van der Waals surface area (Å²) in [5.74, 6) is -0.750. The number of thioether (sulfide) groups is 1. The van der Waals surface area contributed by atoms with Gasteiger partial charge < -0.3 is 10.1 Å². The van der Waals surface area contributed by atoms with Crippen molar-refractivity contribution in [1.29, 1.82) is 0 Å². The van der Waals surface area contributed by atoms with Crippen molar-refractivity contribution in [2.24, 2.45) is 4.99 Å². The molecule has 0 radical (unpaired) electrons. The van der Waals surface area contributed by atoms with E-state index in [1.807, 2.05) is 32.0 Å². The van der Waals surface area contributed by atoms with Crippen LogP contribution in [0.1, 0.15) is 22.3 Å². The van der Waals surface area contributed by atoms with E-state index in [4.69, 9.17) is 16.3 Å². The fourth-order valence-electron chi connectivity index (χ4n) is 3.28. The molecule has 3 aromatic carbocycles. The Morgan fingerprint density at radius 3 is 2.43 bits per heavy atom. The highest BCUT2D eigenvalue weighted by Gasteiger charge is 2.33. The largest absolute Gasteiger partial charge is 0.449 e. The van der Waals surface area contributed by atoms with Gasteiger partial charge in [-0.2, -0.15) is 13.2 Å². The van der Waals surface area contributed by atoms with Crippen molar-refractivity contribution in [3.05, 3.63) is 96.9 Å². The Morgan fingerprint density at radius 1 is 1.05 bits per heavy atom. The number of nitrogens with one attached hydrogen (secondary N) is 1. The molecule has 0 spiro atoms. The number of benzene rings is 3. The average Bonchev–Trinajstić information content (AvgIpc) is 3.15. The van der Waals surface area contributed by atoms with Crippen LogP contribution < -0.4 is 10.1 Å². The molecular formula is C25H17ClF3N3O4S. The normalized spacial score (nSPS) is 15.8. The number of aryl methyl sites for hydroxylation is 2. The van der Waals surface area contributed by atoms with E-state index in [2.05, 4.69) is 10.3 Å². The fourth-order valence-corrected chi connectivity index (χ4v) is 4.34. The van der Waals surface area contributed by atoms with Gasteiger partial charge in [0.05, 0.1) is 26.1 Å². The van der Waals surface area contributed by atoms with Crippen LogP contribution in [0.25, 0.3) is 6.08 Å². The number of carbonyl (C=O) groups is 1. The van der Waals surface area contributed by atoms with E-state index in [0.29, 0.717) is 33.5 Å². The molecule has 4 rings (SSSR count). The lowest BCUT2D eigenvalue weighted by Gasteiger charge is -2.11. The van der Waals surface area contributed by atoms with Crippen LogP contribution in [0.5, 0.6) is 11.5 Å². The predicted octanol–water partition coefficient (Wildman–Crippen LogP) is 7.57. The first-order chi connectivity index (χ1) is 17.4. The van der Waals surface area contributed by atoms with Crippen LogP contribution in [-0.4, -0.2) is 16.0 Å². The zero-order valence-corrected chi connectivity index (χ0v) is 20.8. The molecule has 190 valence electrons. The van der Waals surface area contributed by atoms with Crippen molar-refractivity contribution >= 4 is 51.9 Å². The van der Waals surface area contributed by atoms with E-state index in [9.17, 15) is 28.1 Å². The number of nitro benzene ring substituents is 1. The molecule has 1 aliphatic heterocycles. The highest BCUT2D eigenvalue weighted by atomic mass is 35.5. The Labute approximate surface area is 218 Å². The lowest BCUT2D eigenvalue weighted by molar-refractivity contribution is -0.385. The van der Waals surface area contributed by atoms with E-state index < -0.39 is 28.1 Å². The fraction of sp³-hybridized carbons (Fsp3) is 0.120. The standard InChI is InChI=1S/C25H17ClF3N3O4S/c1-13-3-6-17(9-14(13)2)30-24-31-23(33)22(37-24)11-15-4-7-20(18(26)10-15)36-21-8-5-16(25(27,28)29)12-19(21)32(34)35/h3-12H,1-2H3,(H,30,31,33)/b22-11-. The minimum atomic E-state index is -4.75. The number of amides is 1. The van der Waals surface area contributed by atoms with Crippen molar-refractivity contribution in [2.75, 3.05) is 0 Å². The van der Waals surface area contributed by atoms with Gasteiger partial charge in [0.15, 0.2) is 5.17 Å². The number of alkyl halides is 3. The van der Waals surface area contributed by atoms with E-state index in [1.54, 1.807) is 12.1 Å². The summed E-state index contributed by atoms with van der Waals surface area (Å²) in [7, 11) is 0. The summed E-state index contributed by atoms with van der Waals surface area (Å²) in [4.78, 5) is 27.6. The van der Waals surface area contributed by atoms with Gasteiger partial charge in [-0.1, -0.05) is 23.7 Å². The van der Waals surface area contributed by atoms with Crippen LogP contribution in [0.2, 0.25) is 5.02 Å². The number of amidine groups is 1. The zero-order valence-electron chi connectivity index (χ0n) is 19.2. The molecule has 1 heterocycles. The van der Waals surface area contributed by atoms with Crippen LogP contribution in [0, 0.1) is 24.0 Å². The molecule has 0 aromatic heterocycles. The van der Waals surface area contributed by atoms with Crippen molar-refractivity contribution in [3.8, 4) is 11.5 Å². The monoisotopic (exact) mass is 547 g/mol. The third kappa shape index (κ3) is 6.12. The van der Waals surface area contributed by atoms with E-state index in [1.165, 1.54) is 12.1 Å². The van der Waals surface area contributed by atoms with Crippen LogP contribution in [-0.2, 0) is 11.0 Å². The molecule has 0 bridgehead atoms. The Kier molecular flexibility index (Phi) is 7.28. The minimum Gasteiger partial charge on any atom is -0.449 e. The van der Waals surface area contributed by atoms with Gasteiger partial charge in [-0.3, -0.25) is 14.9 Å². The Bertz CT molecular complexity index is 1490. The van der Waals surface area contributed by atoms with Crippen LogP contribution in [0.3, 0.4) is 0 Å². The molecule has 1 amide bonds. The maximum absolute atomic E-state index is 12.9. The van der Waals surface area contributed by atoms with Crippen molar-refractivity contribution in [1.82, 2.24) is 5.32 Å². The highest BCUT2D eigenvalue weighted by Crippen LogP contribution is 2.40. The lowest BCUT2D eigenvalue weighted by atomic mass is 10.1. The second-order valence-corrected chi connectivity index (χ2v) is 9.42. The van der Waals surface area contributed by atoms with E-state index >= 15 is 0 Å². The Morgan fingerprint density at radius 2 is 1.78 bits per heavy atom. The second kappa shape index (κ2) is 10.3. The summed E-state index contributed by atoms with van der Waals surface area (Å²) in [6.07, 6.45) is -3.16. The number of carbonyl (C=O) groups excluding carboxylic acids is 1. The first-order valence-electron chi connectivity index (χ1n) is 10.6. The van der Waals surface area contributed by atoms with Crippen molar-refractivity contribution in [2.45, 2.75) is 20.0 Å². The molecule has 3 aromatic rings. The van der Waals surface area contributed by atoms with Gasteiger partial charge >= 0.3 is 11.9 Å². The van der Waals surface area contributed by atoms with Crippen LogP contribution in [0.4, 0.5) is 24.5 Å². The molecular weight excluding hydrogens is 531 g/mol. The maximum Gasteiger partial charge on any atom is 0.416 e. The number of nitro groups is 1. The first kappa shape index (κ1) is 26.2. The van der Waals surface area contributed by atoms with Crippen LogP contribution >= 0.6 is 23.4 Å². The summed E-state index contributed by atoms with van der Waals surface area (Å²) < 4.78 is 44.2. The molecule has 1 fully saturated rings. The van der Waals surface area contributed by atoms with Crippen molar-refractivity contribution < 1.29 is 27.6 Å². The molecule has 0 saturated carbocycles. The van der Waals surface area contributed by atoms with Gasteiger partial charge in [-0.15, -0.1) is 0 Å². The smallest absolute Gasteiger partial charge is 0.416 e. The molecule has 37 heavy (non-hydrogen) atoms. The zero-order chi connectivity index (χ0) is 26.9. The lowest BCUT2D eigenvalue weighted by Crippen LogP contribution is -2.19. The third-order valence-corrected chi connectivity index (χ3v) is 6.53. The summed E-state index contributed by atoms with van der Waals surface area (Å²) in [6, 6.07) is 12.1. The van der Waals surface area contributed by atoms with Gasteiger partial charge in [-0.05, 0) is 84.8 Å². The molecule has 0 aliphatic carbocycles. The summed E-state index contributed by atoms with van der Waals surface area (Å²) in [5.41, 5.74) is 1.41. The number of nitrogens with zero attached hydrogens (tertiary/aromatic N) is 2. The highest BCUT2D eigenvalue weighted by molar-refractivity contribution is 8.18. The first-order valence-corrected chi connectivity index (χ1v) is 11.8. The van der Waals surface area contributed by atoms with Gasteiger partial charge in [0.2, 0.25) is 5.75 Å². The number of hydrogen-bond donors (Lipinski definition) is 1. The Hall–Kier alpha value is -3.83. The van der Waals surface area contributed by atoms with Crippen LogP contribution in [0.15, 0.2) is 64.5 Å². The predicted molar refractivity (Wildman–Crippen MR) is 136 cm³/mol. The topological polar surface area (TPSA) is 93.8 Å². The molecule has 7 nitrogen and oxygen atoms in total. The number of halogens is 4. The van der Waals surface area contributed by atoms with Gasteiger partial charge in [0, 0.05) is 6.07 Å². The van der Waals surface area contributed by atoms with Gasteiger partial charge in [0.25, 0.3) is 5.91 Å². The van der Waals surface area contributed by atoms with E-state index in [0.717, 1.165) is 29.0 Å². The molecule has 1 N–H and O–H groups in total. The number of rotatable bonds is 5. The van der Waals surface area contributed by atoms with Crippen molar-refractivity contribution in [3.63, 3.8) is 0 Å². The number of hydrogen-bond acceptors (Lipinski definition) is 6. The van der Waals surface area contributed by atoms with Gasteiger partial charge in [-0.25, -0.2) is 4.99 Å². The maximum atomic E-state index is 12.9. The molecule has 0 unspecified atom stereocenters. The molecule has 0 atom stereocenters. The SMILES string of the molecule is Cc1ccc(N=C2NC(=O)/C(=C/c3ccc(Oc4ccc(C(F)(F)F)cc4[N+](=O)[O-])c(Cl)c3)S2)cc1C. The van der Waals surface area contributed by atoms with E-state index in [-0.39, 0.29) is 16.7 Å². The number of aliphatic imine (C=N–C) groups is 1. The van der Waals surface area contributed by atoms with Gasteiger partial charge in [0.1, 0.15) is 5.75 Å². The second-order valence-electron chi connectivity index (χ2n) is 7.98. The minimum absolute atomic E-state index is 0.00723. The quantitative estimate of drug-likeness (QED) is 0.202. The average molecular weight is 548 g/mol.